The van der Waals surface area contributed by atoms with E-state index >= 15 is 0 Å². The lowest BCUT2D eigenvalue weighted by Gasteiger charge is -2.30. The molecule has 0 fully saturated rings. The molecule has 1 aromatic carbocycles. The van der Waals surface area contributed by atoms with E-state index in [1.807, 2.05) is 68.1 Å². The first-order valence-corrected chi connectivity index (χ1v) is 8.05. The van der Waals surface area contributed by atoms with Crippen molar-refractivity contribution in [2.24, 2.45) is 0 Å². The molecule has 128 valence electrons. The number of hydrogen-bond donors (Lipinski definition) is 0. The number of benzene rings is 1. The molecule has 0 aliphatic rings. The highest BCUT2D eigenvalue weighted by Crippen LogP contribution is 2.09. The first-order chi connectivity index (χ1) is 10.8. The molecule has 0 spiro atoms. The van der Waals surface area contributed by atoms with Gasteiger partial charge >= 0.3 is 0 Å². The Morgan fingerprint density at radius 1 is 1.04 bits per heavy atom. The molecular weight excluding hydrogens is 290 g/mol. The molecule has 0 saturated heterocycles. The molecule has 2 amide bonds. The lowest BCUT2D eigenvalue weighted by molar-refractivity contribution is -0.141. The summed E-state index contributed by atoms with van der Waals surface area (Å²) in [6.07, 6.45) is 0. The van der Waals surface area contributed by atoms with Crippen LogP contribution in [0.25, 0.3) is 0 Å². The van der Waals surface area contributed by atoms with Gasteiger partial charge in [-0.1, -0.05) is 30.3 Å². The molecule has 0 aliphatic carbocycles. The van der Waals surface area contributed by atoms with E-state index in [0.717, 1.165) is 12.1 Å². The average molecular weight is 319 g/mol. The van der Waals surface area contributed by atoms with Crippen LogP contribution in [0, 0.1) is 0 Å². The number of nitrogens with zero attached hydrogens (tertiary/aromatic N) is 3. The van der Waals surface area contributed by atoms with Crippen LogP contribution >= 0.6 is 0 Å². The molecular formula is C18H29N3O2. The average Bonchev–Trinajstić information content (AvgIpc) is 2.49. The molecule has 5 heteroatoms. The van der Waals surface area contributed by atoms with E-state index in [-0.39, 0.29) is 24.4 Å². The fraction of sp³-hybridized carbons (Fsp3) is 0.556. The summed E-state index contributed by atoms with van der Waals surface area (Å²) in [6, 6.07) is 10.0. The van der Waals surface area contributed by atoms with Gasteiger partial charge in [-0.3, -0.25) is 9.59 Å². The SMILES string of the molecule is CC(=O)N(CCN(C)C)CC(=O)N(Cc1ccccc1)C(C)C. The maximum atomic E-state index is 12.7. The van der Waals surface area contributed by atoms with Gasteiger partial charge in [0.1, 0.15) is 0 Å². The number of carbonyl (C=O) groups is 2. The van der Waals surface area contributed by atoms with Gasteiger partial charge in [0, 0.05) is 32.6 Å². The Morgan fingerprint density at radius 2 is 1.65 bits per heavy atom. The van der Waals surface area contributed by atoms with Crippen molar-refractivity contribution in [3.8, 4) is 0 Å². The van der Waals surface area contributed by atoms with Crippen LogP contribution in [0.3, 0.4) is 0 Å². The summed E-state index contributed by atoms with van der Waals surface area (Å²) >= 11 is 0. The van der Waals surface area contributed by atoms with Crippen molar-refractivity contribution in [2.45, 2.75) is 33.4 Å². The summed E-state index contributed by atoms with van der Waals surface area (Å²) in [5, 5.41) is 0. The van der Waals surface area contributed by atoms with Gasteiger partial charge in [-0.15, -0.1) is 0 Å². The third kappa shape index (κ3) is 6.82. The summed E-state index contributed by atoms with van der Waals surface area (Å²) in [6.45, 7) is 7.51. The van der Waals surface area contributed by atoms with Gasteiger partial charge in [-0.25, -0.2) is 0 Å². The topological polar surface area (TPSA) is 43.9 Å². The van der Waals surface area contributed by atoms with E-state index in [1.165, 1.54) is 6.92 Å². The van der Waals surface area contributed by atoms with Gasteiger partial charge < -0.3 is 14.7 Å². The monoisotopic (exact) mass is 319 g/mol. The Hall–Kier alpha value is -1.88. The fourth-order valence-electron chi connectivity index (χ4n) is 2.26. The summed E-state index contributed by atoms with van der Waals surface area (Å²) < 4.78 is 0. The predicted octanol–water partition coefficient (Wildman–Crippen LogP) is 1.83. The van der Waals surface area contributed by atoms with E-state index in [2.05, 4.69) is 0 Å². The van der Waals surface area contributed by atoms with Gasteiger partial charge in [-0.05, 0) is 33.5 Å². The van der Waals surface area contributed by atoms with Gasteiger partial charge in [0.25, 0.3) is 0 Å². The van der Waals surface area contributed by atoms with Crippen LogP contribution in [0.2, 0.25) is 0 Å². The maximum absolute atomic E-state index is 12.7. The molecule has 0 radical (unpaired) electrons. The lowest BCUT2D eigenvalue weighted by atomic mass is 10.2. The summed E-state index contributed by atoms with van der Waals surface area (Å²) in [5.41, 5.74) is 1.09. The molecule has 1 aromatic rings. The Bertz CT molecular complexity index is 500. The van der Waals surface area contributed by atoms with Crippen LogP contribution in [0.4, 0.5) is 0 Å². The molecule has 0 N–H and O–H groups in total. The largest absolute Gasteiger partial charge is 0.334 e. The smallest absolute Gasteiger partial charge is 0.242 e. The molecule has 0 aliphatic heterocycles. The molecule has 23 heavy (non-hydrogen) atoms. The summed E-state index contributed by atoms with van der Waals surface area (Å²) in [4.78, 5) is 29.9. The minimum Gasteiger partial charge on any atom is -0.334 e. The lowest BCUT2D eigenvalue weighted by Crippen LogP contribution is -2.46. The fourth-order valence-corrected chi connectivity index (χ4v) is 2.26. The molecule has 0 atom stereocenters. The second kappa shape index (κ2) is 9.30. The van der Waals surface area contributed by atoms with Crippen molar-refractivity contribution in [1.29, 1.82) is 0 Å². The highest BCUT2D eigenvalue weighted by atomic mass is 16.2. The molecule has 0 aromatic heterocycles. The Kier molecular flexibility index (Phi) is 7.75. The van der Waals surface area contributed by atoms with Crippen LogP contribution in [0.1, 0.15) is 26.3 Å². The van der Waals surface area contributed by atoms with Crippen molar-refractivity contribution in [3.63, 3.8) is 0 Å². The number of likely N-dealkylation sites (N-methyl/N-ethyl adjacent to an activating group) is 1. The Morgan fingerprint density at radius 3 is 2.13 bits per heavy atom. The number of rotatable bonds is 8. The first-order valence-electron chi connectivity index (χ1n) is 8.05. The summed E-state index contributed by atoms with van der Waals surface area (Å²) in [7, 11) is 3.91. The highest BCUT2D eigenvalue weighted by molar-refractivity contribution is 5.84. The van der Waals surface area contributed by atoms with E-state index in [9.17, 15) is 9.59 Å². The van der Waals surface area contributed by atoms with Crippen molar-refractivity contribution < 1.29 is 9.59 Å². The van der Waals surface area contributed by atoms with Gasteiger partial charge in [-0.2, -0.15) is 0 Å². The highest BCUT2D eigenvalue weighted by Gasteiger charge is 2.21. The van der Waals surface area contributed by atoms with Gasteiger partial charge in [0.2, 0.25) is 11.8 Å². The van der Waals surface area contributed by atoms with Crippen molar-refractivity contribution in [3.05, 3.63) is 35.9 Å². The molecule has 1 rings (SSSR count). The first kappa shape index (κ1) is 19.2. The van der Waals surface area contributed by atoms with Crippen LogP contribution in [0.15, 0.2) is 30.3 Å². The minimum atomic E-state index is -0.0661. The summed E-state index contributed by atoms with van der Waals surface area (Å²) in [5.74, 6) is -0.0820. The van der Waals surface area contributed by atoms with Crippen LogP contribution < -0.4 is 0 Å². The van der Waals surface area contributed by atoms with E-state index in [4.69, 9.17) is 0 Å². The molecule has 0 saturated carbocycles. The molecule has 0 bridgehead atoms. The maximum Gasteiger partial charge on any atom is 0.242 e. The second-order valence-corrected chi connectivity index (χ2v) is 6.34. The number of hydrogen-bond acceptors (Lipinski definition) is 3. The third-order valence-corrected chi connectivity index (χ3v) is 3.73. The Labute approximate surface area is 139 Å². The number of carbonyl (C=O) groups excluding carboxylic acids is 2. The van der Waals surface area contributed by atoms with Crippen LogP contribution in [0.5, 0.6) is 0 Å². The predicted molar refractivity (Wildman–Crippen MR) is 92.9 cm³/mol. The molecule has 5 nitrogen and oxygen atoms in total. The zero-order chi connectivity index (χ0) is 17.4. The van der Waals surface area contributed by atoms with Crippen molar-refractivity contribution >= 4 is 11.8 Å². The number of amides is 2. The van der Waals surface area contributed by atoms with Crippen LogP contribution in [-0.4, -0.2) is 66.3 Å². The van der Waals surface area contributed by atoms with Crippen LogP contribution in [-0.2, 0) is 16.1 Å². The third-order valence-electron chi connectivity index (χ3n) is 3.73. The van der Waals surface area contributed by atoms with E-state index in [0.29, 0.717) is 13.1 Å². The zero-order valence-corrected chi connectivity index (χ0v) is 15.0. The van der Waals surface area contributed by atoms with E-state index in [1.54, 1.807) is 4.90 Å². The van der Waals surface area contributed by atoms with E-state index < -0.39 is 0 Å². The minimum absolute atomic E-state index is 0.0159. The van der Waals surface area contributed by atoms with Crippen molar-refractivity contribution in [1.82, 2.24) is 14.7 Å². The molecule has 0 heterocycles. The quantitative estimate of drug-likeness (QED) is 0.734. The second-order valence-electron chi connectivity index (χ2n) is 6.34. The normalized spacial score (nSPS) is 10.9. The zero-order valence-electron chi connectivity index (χ0n) is 15.0. The van der Waals surface area contributed by atoms with Gasteiger partial charge in [0.15, 0.2) is 0 Å². The van der Waals surface area contributed by atoms with Crippen molar-refractivity contribution in [2.75, 3.05) is 33.7 Å². The molecule has 0 unspecified atom stereocenters. The van der Waals surface area contributed by atoms with Gasteiger partial charge in [0.05, 0.1) is 6.54 Å². The standard InChI is InChI=1S/C18H29N3O2/c1-15(2)21(13-17-9-7-6-8-10-17)18(23)14-20(16(3)22)12-11-19(4)5/h6-10,15H,11-14H2,1-5H3. The Balaban J connectivity index is 2.74.